The van der Waals surface area contributed by atoms with Crippen LogP contribution in [0.4, 0.5) is 0 Å². The highest BCUT2D eigenvalue weighted by Gasteiger charge is 2.18. The number of rotatable bonds is 2. The third kappa shape index (κ3) is 2.52. The number of thiophene rings is 1. The fourth-order valence-electron chi connectivity index (χ4n) is 2.46. The third-order valence-electron chi connectivity index (χ3n) is 3.32. The number of halogens is 1. The Morgan fingerprint density at radius 2 is 2.16 bits per heavy atom. The molecule has 0 bridgehead atoms. The van der Waals surface area contributed by atoms with Gasteiger partial charge in [0.15, 0.2) is 0 Å². The van der Waals surface area contributed by atoms with Gasteiger partial charge >= 0.3 is 0 Å². The van der Waals surface area contributed by atoms with E-state index in [2.05, 4.69) is 17.4 Å². The Morgan fingerprint density at radius 3 is 2.95 bits per heavy atom. The second-order valence-corrected chi connectivity index (χ2v) is 5.31. The Morgan fingerprint density at radius 1 is 1.32 bits per heavy atom. The van der Waals surface area contributed by atoms with Gasteiger partial charge < -0.3 is 11.1 Å². The maximum atomic E-state index is 11.4. The van der Waals surface area contributed by atoms with Crippen LogP contribution in [0.3, 0.4) is 0 Å². The van der Waals surface area contributed by atoms with Gasteiger partial charge in [-0.1, -0.05) is 18.2 Å². The predicted octanol–water partition coefficient (Wildman–Crippen LogP) is 2.58. The van der Waals surface area contributed by atoms with Crippen molar-refractivity contribution in [2.45, 2.75) is 13.0 Å². The number of carbonyl (C=O) groups excluding carboxylic acids is 1. The van der Waals surface area contributed by atoms with Crippen molar-refractivity contribution in [3.05, 3.63) is 46.3 Å². The van der Waals surface area contributed by atoms with Crippen molar-refractivity contribution < 1.29 is 4.79 Å². The first kappa shape index (κ1) is 14.1. The molecule has 1 aliphatic heterocycles. The monoisotopic (exact) mass is 294 g/mol. The van der Waals surface area contributed by atoms with E-state index in [-0.39, 0.29) is 18.3 Å². The predicted molar refractivity (Wildman–Crippen MR) is 80.9 cm³/mol. The van der Waals surface area contributed by atoms with E-state index >= 15 is 0 Å². The molecular formula is C14H15ClN2OS. The number of nitrogens with two attached hydrogens (primary N) is 1. The van der Waals surface area contributed by atoms with Crippen LogP contribution in [0.25, 0.3) is 10.4 Å². The van der Waals surface area contributed by atoms with E-state index in [1.54, 1.807) is 11.3 Å². The second-order valence-electron chi connectivity index (χ2n) is 4.40. The summed E-state index contributed by atoms with van der Waals surface area (Å²) in [4.78, 5) is 12.4. The van der Waals surface area contributed by atoms with Crippen LogP contribution >= 0.6 is 23.7 Å². The number of primary amides is 1. The smallest absolute Gasteiger partial charge is 0.250 e. The van der Waals surface area contributed by atoms with Crippen LogP contribution in [0.1, 0.15) is 21.5 Å². The Balaban J connectivity index is 0.00000133. The summed E-state index contributed by atoms with van der Waals surface area (Å²) < 4.78 is 0. The van der Waals surface area contributed by atoms with Crippen LogP contribution in [-0.2, 0) is 13.0 Å². The Labute approximate surface area is 122 Å². The summed E-state index contributed by atoms with van der Waals surface area (Å²) in [6.45, 7) is 1.89. The molecule has 100 valence electrons. The van der Waals surface area contributed by atoms with Crippen molar-refractivity contribution in [1.29, 1.82) is 0 Å². The Hall–Kier alpha value is -1.36. The Kier molecular flexibility index (Phi) is 4.24. The topological polar surface area (TPSA) is 55.1 Å². The lowest BCUT2D eigenvalue weighted by Gasteiger charge is -2.20. The van der Waals surface area contributed by atoms with Gasteiger partial charge in [-0.3, -0.25) is 4.79 Å². The molecule has 1 aromatic carbocycles. The largest absolute Gasteiger partial charge is 0.366 e. The molecule has 0 aliphatic carbocycles. The fraction of sp³-hybridized carbons (Fsp3) is 0.214. The highest BCUT2D eigenvalue weighted by molar-refractivity contribution is 7.14. The zero-order chi connectivity index (χ0) is 12.5. The number of carbonyl (C=O) groups is 1. The highest BCUT2D eigenvalue weighted by Crippen LogP contribution is 2.34. The molecule has 19 heavy (non-hydrogen) atoms. The quantitative estimate of drug-likeness (QED) is 0.894. The SMILES string of the molecule is Cl.NC(=O)c1ccsc1-c1cccc2c1CCNC2. The molecule has 3 rings (SSSR count). The first-order chi connectivity index (χ1) is 8.77. The normalized spacial score (nSPS) is 13.5. The molecule has 0 saturated carbocycles. The van der Waals surface area contributed by atoms with Crippen LogP contribution in [0.15, 0.2) is 29.6 Å². The van der Waals surface area contributed by atoms with Crippen molar-refractivity contribution in [3.8, 4) is 10.4 Å². The van der Waals surface area contributed by atoms with Crippen LogP contribution in [0.2, 0.25) is 0 Å². The molecule has 1 aromatic heterocycles. The summed E-state index contributed by atoms with van der Waals surface area (Å²) in [7, 11) is 0. The average Bonchev–Trinajstić information content (AvgIpc) is 2.87. The molecule has 3 N–H and O–H groups in total. The molecular weight excluding hydrogens is 280 g/mol. The van der Waals surface area contributed by atoms with Gasteiger partial charge in [-0.2, -0.15) is 0 Å². The van der Waals surface area contributed by atoms with Crippen molar-refractivity contribution in [2.75, 3.05) is 6.54 Å². The minimum Gasteiger partial charge on any atom is -0.366 e. The van der Waals surface area contributed by atoms with Gasteiger partial charge in [-0.05, 0) is 41.1 Å². The molecule has 0 radical (unpaired) electrons. The van der Waals surface area contributed by atoms with Gasteiger partial charge in [0.25, 0.3) is 0 Å². The minimum absolute atomic E-state index is 0. The van der Waals surface area contributed by atoms with Crippen molar-refractivity contribution in [1.82, 2.24) is 5.32 Å². The van der Waals surface area contributed by atoms with E-state index < -0.39 is 0 Å². The van der Waals surface area contributed by atoms with Crippen LogP contribution < -0.4 is 11.1 Å². The molecule has 0 atom stereocenters. The summed E-state index contributed by atoms with van der Waals surface area (Å²) in [6.07, 6.45) is 1.00. The van der Waals surface area contributed by atoms with E-state index in [9.17, 15) is 4.79 Å². The number of benzene rings is 1. The zero-order valence-corrected chi connectivity index (χ0v) is 11.9. The first-order valence-electron chi connectivity index (χ1n) is 5.96. The maximum absolute atomic E-state index is 11.4. The van der Waals surface area contributed by atoms with Crippen LogP contribution in [0.5, 0.6) is 0 Å². The van der Waals surface area contributed by atoms with Gasteiger partial charge in [0.2, 0.25) is 5.91 Å². The number of nitrogens with one attached hydrogen (secondary N) is 1. The van der Waals surface area contributed by atoms with Gasteiger partial charge in [0.1, 0.15) is 0 Å². The molecule has 0 unspecified atom stereocenters. The standard InChI is InChI=1S/C14H14N2OS.ClH/c15-14(17)12-5-7-18-13(12)11-3-1-2-9-8-16-6-4-10(9)11;/h1-3,5,7,16H,4,6,8H2,(H2,15,17);1H. The first-order valence-corrected chi connectivity index (χ1v) is 6.84. The summed E-state index contributed by atoms with van der Waals surface area (Å²) in [5, 5.41) is 5.29. The molecule has 2 aromatic rings. The lowest BCUT2D eigenvalue weighted by atomic mass is 9.93. The van der Waals surface area contributed by atoms with Crippen molar-refractivity contribution in [3.63, 3.8) is 0 Å². The number of hydrogen-bond acceptors (Lipinski definition) is 3. The number of amides is 1. The van der Waals surface area contributed by atoms with Gasteiger partial charge in [-0.25, -0.2) is 0 Å². The molecule has 3 nitrogen and oxygen atoms in total. The van der Waals surface area contributed by atoms with Crippen molar-refractivity contribution in [2.24, 2.45) is 5.73 Å². The molecule has 1 amide bonds. The van der Waals surface area contributed by atoms with Gasteiger partial charge in [0, 0.05) is 11.4 Å². The molecule has 1 aliphatic rings. The molecule has 0 spiro atoms. The van der Waals surface area contributed by atoms with E-state index in [0.717, 1.165) is 30.0 Å². The molecule has 0 saturated heterocycles. The summed E-state index contributed by atoms with van der Waals surface area (Å²) in [5.74, 6) is -0.349. The summed E-state index contributed by atoms with van der Waals surface area (Å²) >= 11 is 1.58. The maximum Gasteiger partial charge on any atom is 0.250 e. The second kappa shape index (κ2) is 5.74. The zero-order valence-electron chi connectivity index (χ0n) is 10.3. The van der Waals surface area contributed by atoms with Gasteiger partial charge in [0.05, 0.1) is 5.56 Å². The van der Waals surface area contributed by atoms with E-state index in [1.165, 1.54) is 11.1 Å². The lowest BCUT2D eigenvalue weighted by molar-refractivity contribution is 0.100. The van der Waals surface area contributed by atoms with Crippen LogP contribution in [-0.4, -0.2) is 12.5 Å². The minimum atomic E-state index is -0.349. The lowest BCUT2D eigenvalue weighted by Crippen LogP contribution is -2.24. The number of hydrogen-bond donors (Lipinski definition) is 2. The molecule has 2 heterocycles. The van der Waals surface area contributed by atoms with E-state index in [4.69, 9.17) is 5.73 Å². The van der Waals surface area contributed by atoms with E-state index in [0.29, 0.717) is 5.56 Å². The van der Waals surface area contributed by atoms with Crippen LogP contribution in [0, 0.1) is 0 Å². The third-order valence-corrected chi connectivity index (χ3v) is 4.26. The Bertz CT molecular complexity index is 609. The summed E-state index contributed by atoms with van der Waals surface area (Å²) in [5.41, 5.74) is 9.89. The fourth-order valence-corrected chi connectivity index (χ4v) is 3.41. The number of fused-ring (bicyclic) bond motifs is 1. The molecule has 5 heteroatoms. The average molecular weight is 295 g/mol. The molecule has 0 fully saturated rings. The van der Waals surface area contributed by atoms with Crippen molar-refractivity contribution >= 4 is 29.7 Å². The van der Waals surface area contributed by atoms with E-state index in [1.807, 2.05) is 17.5 Å². The highest BCUT2D eigenvalue weighted by atomic mass is 35.5. The summed E-state index contributed by atoms with van der Waals surface area (Å²) in [6, 6.07) is 8.08. The van der Waals surface area contributed by atoms with Gasteiger partial charge in [-0.15, -0.1) is 23.7 Å².